The molecule has 0 saturated heterocycles. The quantitative estimate of drug-likeness (QED) is 0.362. The number of ether oxygens (including phenoxy) is 1. The lowest BCUT2D eigenvalue weighted by atomic mass is 10.4. The second-order valence-corrected chi connectivity index (χ2v) is 5.49. The molecule has 0 unspecified atom stereocenters. The van der Waals surface area contributed by atoms with Crippen molar-refractivity contribution < 1.29 is 4.74 Å². The molecule has 1 aromatic heterocycles. The highest BCUT2D eigenvalue weighted by molar-refractivity contribution is 5.79. The number of nitrogens with one attached hydrogen (secondary N) is 2. The van der Waals surface area contributed by atoms with E-state index in [1.165, 1.54) is 0 Å². The second-order valence-electron chi connectivity index (χ2n) is 5.49. The molecule has 1 aromatic rings. The Bertz CT molecular complexity index is 472. The number of nitrogens with zero attached hydrogens (tertiary/aromatic N) is 5. The van der Waals surface area contributed by atoms with Crippen molar-refractivity contribution in [3.63, 3.8) is 0 Å². The highest BCUT2D eigenvalue weighted by Gasteiger charge is 2.05. The maximum atomic E-state index is 5.07. The molecule has 0 radical (unpaired) electrons. The maximum absolute atomic E-state index is 5.07. The Morgan fingerprint density at radius 3 is 2.70 bits per heavy atom. The fraction of sp³-hybridized carbons (Fsp3) is 0.800. The fourth-order valence-corrected chi connectivity index (χ4v) is 2.04. The number of likely N-dealkylation sites (N-methyl/N-ethyl adjacent to an activating group) is 1. The minimum Gasteiger partial charge on any atom is -0.385 e. The van der Waals surface area contributed by atoms with Gasteiger partial charge in [0.05, 0.1) is 0 Å². The Morgan fingerprint density at radius 2 is 2.09 bits per heavy atom. The molecule has 0 amide bonds. The van der Waals surface area contributed by atoms with Crippen molar-refractivity contribution in [2.45, 2.75) is 26.8 Å². The minimum absolute atomic E-state index is 0.510. The molecule has 2 N–H and O–H groups in total. The number of aryl methyl sites for hydroxylation is 1. The molecule has 8 nitrogen and oxygen atoms in total. The summed E-state index contributed by atoms with van der Waals surface area (Å²) in [6.07, 6.45) is 1.05. The SMILES string of the molecule is CCNC(=NCc1nnc(C)n1C)NCCN(C)CCCOC. The number of aliphatic imine (C=N–C) groups is 1. The van der Waals surface area contributed by atoms with Gasteiger partial charge in [-0.1, -0.05) is 0 Å². The number of guanidine groups is 1. The van der Waals surface area contributed by atoms with Gasteiger partial charge in [0.2, 0.25) is 0 Å². The van der Waals surface area contributed by atoms with Gasteiger partial charge in [0.1, 0.15) is 12.4 Å². The van der Waals surface area contributed by atoms with Gasteiger partial charge in [-0.15, -0.1) is 10.2 Å². The number of methoxy groups -OCH3 is 1. The molecule has 8 heteroatoms. The Labute approximate surface area is 139 Å². The van der Waals surface area contributed by atoms with Crippen LogP contribution in [0.5, 0.6) is 0 Å². The standard InChI is InChI=1S/C15H31N7O/c1-6-16-15(17-8-10-21(3)9-7-11-23-5)18-12-14-20-19-13(2)22(14)4/h6-12H2,1-5H3,(H2,16,17,18). The molecule has 0 saturated carbocycles. The Kier molecular flexibility index (Phi) is 9.23. The van der Waals surface area contributed by atoms with Crippen LogP contribution >= 0.6 is 0 Å². The van der Waals surface area contributed by atoms with Crippen molar-refractivity contribution in [2.24, 2.45) is 12.0 Å². The monoisotopic (exact) mass is 325 g/mol. The third-order valence-corrected chi connectivity index (χ3v) is 3.58. The van der Waals surface area contributed by atoms with E-state index in [0.717, 1.165) is 56.8 Å². The summed E-state index contributed by atoms with van der Waals surface area (Å²) in [7, 11) is 5.80. The number of hydrogen-bond acceptors (Lipinski definition) is 5. The zero-order valence-corrected chi connectivity index (χ0v) is 15.1. The van der Waals surface area contributed by atoms with E-state index in [-0.39, 0.29) is 0 Å². The van der Waals surface area contributed by atoms with Crippen LogP contribution in [0, 0.1) is 6.92 Å². The van der Waals surface area contributed by atoms with Crippen LogP contribution < -0.4 is 10.6 Å². The zero-order chi connectivity index (χ0) is 17.1. The van der Waals surface area contributed by atoms with Crippen LogP contribution in [0.25, 0.3) is 0 Å². The summed E-state index contributed by atoms with van der Waals surface area (Å²) in [5.74, 6) is 2.56. The lowest BCUT2D eigenvalue weighted by molar-refractivity contribution is 0.180. The van der Waals surface area contributed by atoms with Gasteiger partial charge in [0.25, 0.3) is 0 Å². The topological polar surface area (TPSA) is 79.6 Å². The molecule has 0 spiro atoms. The minimum atomic E-state index is 0.510. The molecule has 0 aliphatic rings. The highest BCUT2D eigenvalue weighted by Crippen LogP contribution is 1.98. The fourth-order valence-electron chi connectivity index (χ4n) is 2.04. The number of rotatable bonds is 10. The molecule has 0 aromatic carbocycles. The lowest BCUT2D eigenvalue weighted by Gasteiger charge is -2.18. The molecular formula is C15H31N7O. The first-order valence-electron chi connectivity index (χ1n) is 8.13. The van der Waals surface area contributed by atoms with Crippen molar-refractivity contribution >= 4 is 5.96 Å². The molecule has 0 fully saturated rings. The van der Waals surface area contributed by atoms with Gasteiger partial charge in [0.15, 0.2) is 11.8 Å². The summed E-state index contributed by atoms with van der Waals surface area (Å²) in [4.78, 5) is 6.84. The first-order valence-corrected chi connectivity index (χ1v) is 8.13. The molecule has 0 aliphatic carbocycles. The van der Waals surface area contributed by atoms with Gasteiger partial charge in [-0.2, -0.15) is 0 Å². The van der Waals surface area contributed by atoms with Crippen molar-refractivity contribution in [3.05, 3.63) is 11.6 Å². The highest BCUT2D eigenvalue weighted by atomic mass is 16.5. The predicted octanol–water partition coefficient (Wildman–Crippen LogP) is 0.147. The Balaban J connectivity index is 2.39. The van der Waals surface area contributed by atoms with E-state index in [0.29, 0.717) is 6.54 Å². The van der Waals surface area contributed by atoms with Gasteiger partial charge in [-0.3, -0.25) is 0 Å². The smallest absolute Gasteiger partial charge is 0.191 e. The summed E-state index contributed by atoms with van der Waals surface area (Å²) >= 11 is 0. The number of hydrogen-bond donors (Lipinski definition) is 2. The van der Waals surface area contributed by atoms with Crippen molar-refractivity contribution in [1.82, 2.24) is 30.3 Å². The van der Waals surface area contributed by atoms with Crippen LogP contribution in [0.15, 0.2) is 4.99 Å². The zero-order valence-electron chi connectivity index (χ0n) is 15.1. The summed E-state index contributed by atoms with van der Waals surface area (Å²) < 4.78 is 7.02. The normalized spacial score (nSPS) is 12.0. The molecule has 0 atom stereocenters. The first-order chi connectivity index (χ1) is 11.1. The van der Waals surface area contributed by atoms with E-state index < -0.39 is 0 Å². The van der Waals surface area contributed by atoms with Crippen LogP contribution in [-0.2, 0) is 18.3 Å². The van der Waals surface area contributed by atoms with Crippen molar-refractivity contribution in [2.75, 3.05) is 46.9 Å². The number of aromatic nitrogens is 3. The average Bonchev–Trinajstić information content (AvgIpc) is 2.84. The van der Waals surface area contributed by atoms with Crippen LogP contribution in [0.1, 0.15) is 25.0 Å². The molecular weight excluding hydrogens is 294 g/mol. The lowest BCUT2D eigenvalue weighted by Crippen LogP contribution is -2.41. The van der Waals surface area contributed by atoms with E-state index in [4.69, 9.17) is 4.74 Å². The van der Waals surface area contributed by atoms with E-state index in [1.807, 2.05) is 18.5 Å². The first kappa shape index (κ1) is 19.4. The third kappa shape index (κ3) is 7.43. The molecule has 1 heterocycles. The molecule has 23 heavy (non-hydrogen) atoms. The molecule has 0 aliphatic heterocycles. The van der Waals surface area contributed by atoms with Gasteiger partial charge in [-0.25, -0.2) is 4.99 Å². The van der Waals surface area contributed by atoms with E-state index in [9.17, 15) is 0 Å². The predicted molar refractivity (Wildman–Crippen MR) is 92.5 cm³/mol. The van der Waals surface area contributed by atoms with E-state index in [2.05, 4.69) is 44.7 Å². The third-order valence-electron chi connectivity index (χ3n) is 3.58. The van der Waals surface area contributed by atoms with Crippen LogP contribution in [0.3, 0.4) is 0 Å². The summed E-state index contributed by atoms with van der Waals surface area (Å²) in [6.45, 7) is 8.96. The molecule has 0 bridgehead atoms. The van der Waals surface area contributed by atoms with Gasteiger partial charge < -0.3 is 24.8 Å². The summed E-state index contributed by atoms with van der Waals surface area (Å²) in [6, 6.07) is 0. The Hall–Kier alpha value is -1.67. The average molecular weight is 325 g/mol. The van der Waals surface area contributed by atoms with Crippen LogP contribution in [0.2, 0.25) is 0 Å². The maximum Gasteiger partial charge on any atom is 0.191 e. The molecule has 132 valence electrons. The summed E-state index contributed by atoms with van der Waals surface area (Å²) in [5.41, 5.74) is 0. The summed E-state index contributed by atoms with van der Waals surface area (Å²) in [5, 5.41) is 14.8. The van der Waals surface area contributed by atoms with Crippen molar-refractivity contribution in [3.8, 4) is 0 Å². The van der Waals surface area contributed by atoms with E-state index in [1.54, 1.807) is 7.11 Å². The van der Waals surface area contributed by atoms with Crippen LogP contribution in [0.4, 0.5) is 0 Å². The Morgan fingerprint density at radius 1 is 1.30 bits per heavy atom. The van der Waals surface area contributed by atoms with E-state index >= 15 is 0 Å². The van der Waals surface area contributed by atoms with Crippen LogP contribution in [-0.4, -0.2) is 72.6 Å². The molecule has 1 rings (SSSR count). The van der Waals surface area contributed by atoms with Gasteiger partial charge in [0, 0.05) is 46.9 Å². The van der Waals surface area contributed by atoms with Gasteiger partial charge in [-0.05, 0) is 27.3 Å². The second kappa shape index (κ2) is 11.0. The van der Waals surface area contributed by atoms with Gasteiger partial charge >= 0.3 is 0 Å². The largest absolute Gasteiger partial charge is 0.385 e. The van der Waals surface area contributed by atoms with Crippen molar-refractivity contribution in [1.29, 1.82) is 0 Å².